The molecule has 1 aliphatic heterocycles. The Balaban J connectivity index is 2.05. The first-order chi connectivity index (χ1) is 9.91. The number of fused-ring (bicyclic) bond motifs is 1. The number of hydrogen-bond acceptors (Lipinski definition) is 2. The lowest BCUT2D eigenvalue weighted by Gasteiger charge is -2.34. The molecule has 1 aliphatic rings. The molecule has 1 aromatic carbocycles. The minimum atomic E-state index is -3.68. The van der Waals surface area contributed by atoms with Crippen LogP contribution in [0.2, 0.25) is 10.0 Å². The van der Waals surface area contributed by atoms with Gasteiger partial charge in [0.05, 0.1) is 11.1 Å². The van der Waals surface area contributed by atoms with Crippen molar-refractivity contribution in [3.05, 3.63) is 52.3 Å². The predicted molar refractivity (Wildman–Crippen MR) is 83.2 cm³/mol. The number of benzene rings is 1. The van der Waals surface area contributed by atoms with Crippen LogP contribution in [-0.2, 0) is 16.6 Å². The third-order valence-electron chi connectivity index (χ3n) is 3.77. The van der Waals surface area contributed by atoms with Gasteiger partial charge >= 0.3 is 0 Å². The second kappa shape index (κ2) is 5.32. The smallest absolute Gasteiger partial charge is 0.245 e. The zero-order valence-corrected chi connectivity index (χ0v) is 13.7. The van der Waals surface area contributed by atoms with Crippen LogP contribution in [0.15, 0.2) is 41.4 Å². The molecule has 2 aromatic rings. The first-order valence-corrected chi connectivity index (χ1v) is 8.73. The number of sulfonamides is 1. The molecule has 0 amide bonds. The molecule has 1 atom stereocenters. The van der Waals surface area contributed by atoms with Gasteiger partial charge in [0.25, 0.3) is 0 Å². The first kappa shape index (κ1) is 14.9. The molecule has 4 nitrogen and oxygen atoms in total. The Bertz CT molecular complexity index is 786. The number of rotatable bonds is 2. The molecule has 0 spiro atoms. The van der Waals surface area contributed by atoms with Crippen molar-refractivity contribution in [2.75, 3.05) is 6.54 Å². The van der Waals surface area contributed by atoms with E-state index in [1.807, 2.05) is 25.3 Å². The van der Waals surface area contributed by atoms with Gasteiger partial charge in [-0.05, 0) is 37.3 Å². The minimum Gasteiger partial charge on any atom is -0.349 e. The van der Waals surface area contributed by atoms with E-state index in [9.17, 15) is 8.42 Å². The summed E-state index contributed by atoms with van der Waals surface area (Å²) >= 11 is 12.0. The lowest BCUT2D eigenvalue weighted by atomic mass is 10.2. The monoisotopic (exact) mass is 344 g/mol. The van der Waals surface area contributed by atoms with Gasteiger partial charge in [-0.1, -0.05) is 23.2 Å². The maximum absolute atomic E-state index is 12.9. The second-order valence-corrected chi connectivity index (χ2v) is 7.70. The van der Waals surface area contributed by atoms with E-state index in [-0.39, 0.29) is 16.0 Å². The molecule has 0 fully saturated rings. The van der Waals surface area contributed by atoms with E-state index in [1.165, 1.54) is 16.4 Å². The molecule has 0 aliphatic carbocycles. The van der Waals surface area contributed by atoms with E-state index in [0.29, 0.717) is 18.1 Å². The van der Waals surface area contributed by atoms with Crippen molar-refractivity contribution in [1.29, 1.82) is 0 Å². The van der Waals surface area contributed by atoms with Crippen LogP contribution in [0.1, 0.15) is 18.7 Å². The van der Waals surface area contributed by atoms with E-state index in [2.05, 4.69) is 4.57 Å². The summed E-state index contributed by atoms with van der Waals surface area (Å²) in [5.74, 6) is 0. The maximum Gasteiger partial charge on any atom is 0.245 e. The van der Waals surface area contributed by atoms with Gasteiger partial charge in [0.2, 0.25) is 10.0 Å². The molecule has 0 radical (unpaired) electrons. The third kappa shape index (κ3) is 2.48. The van der Waals surface area contributed by atoms with Crippen molar-refractivity contribution >= 4 is 33.2 Å². The largest absolute Gasteiger partial charge is 0.349 e. The average molecular weight is 345 g/mol. The summed E-state index contributed by atoms with van der Waals surface area (Å²) in [6, 6.07) is 8.11. The molecular weight excluding hydrogens is 331 g/mol. The summed E-state index contributed by atoms with van der Waals surface area (Å²) in [5.41, 5.74) is 0.975. The Kier molecular flexibility index (Phi) is 3.78. The van der Waals surface area contributed by atoms with Gasteiger partial charge in [0, 0.05) is 30.0 Å². The van der Waals surface area contributed by atoms with Crippen LogP contribution in [0.3, 0.4) is 0 Å². The third-order valence-corrected chi connectivity index (χ3v) is 6.45. The molecule has 0 N–H and O–H groups in total. The molecule has 21 heavy (non-hydrogen) atoms. The van der Waals surface area contributed by atoms with Crippen molar-refractivity contribution in [2.24, 2.45) is 0 Å². The maximum atomic E-state index is 12.9. The Hall–Kier alpha value is -1.01. The summed E-state index contributed by atoms with van der Waals surface area (Å²) in [6.07, 6.45) is 1.96. The van der Waals surface area contributed by atoms with Crippen molar-refractivity contribution in [3.8, 4) is 0 Å². The quantitative estimate of drug-likeness (QED) is 0.835. The van der Waals surface area contributed by atoms with Crippen LogP contribution in [0.4, 0.5) is 0 Å². The van der Waals surface area contributed by atoms with Gasteiger partial charge in [-0.2, -0.15) is 4.31 Å². The Morgan fingerprint density at radius 1 is 1.19 bits per heavy atom. The van der Waals surface area contributed by atoms with Crippen molar-refractivity contribution in [3.63, 3.8) is 0 Å². The summed E-state index contributed by atoms with van der Waals surface area (Å²) < 4.78 is 29.3. The van der Waals surface area contributed by atoms with Crippen LogP contribution >= 0.6 is 23.2 Å². The van der Waals surface area contributed by atoms with Gasteiger partial charge in [-0.25, -0.2) is 8.42 Å². The molecule has 0 saturated carbocycles. The van der Waals surface area contributed by atoms with Gasteiger partial charge in [0.15, 0.2) is 0 Å². The van der Waals surface area contributed by atoms with Crippen molar-refractivity contribution < 1.29 is 8.42 Å². The molecule has 112 valence electrons. The summed E-state index contributed by atoms with van der Waals surface area (Å²) in [4.78, 5) is 0.0588. The first-order valence-electron chi connectivity index (χ1n) is 6.53. The van der Waals surface area contributed by atoms with Crippen LogP contribution in [0.25, 0.3) is 0 Å². The standard InChI is InChI=1S/C14H14Cl2N2O2S/c1-10-13-3-2-6-17(13)7-8-18(10)21(19,20)14-9-11(15)4-5-12(14)16/h2-6,9-10H,7-8H2,1H3/t10-/m0/s1. The lowest BCUT2D eigenvalue weighted by Crippen LogP contribution is -2.40. The van der Waals surface area contributed by atoms with E-state index in [1.54, 1.807) is 6.07 Å². The van der Waals surface area contributed by atoms with E-state index in [4.69, 9.17) is 23.2 Å². The zero-order valence-electron chi connectivity index (χ0n) is 11.3. The highest BCUT2D eigenvalue weighted by molar-refractivity contribution is 7.89. The highest BCUT2D eigenvalue weighted by atomic mass is 35.5. The Labute approximate surface area is 133 Å². The minimum absolute atomic E-state index is 0.0588. The Morgan fingerprint density at radius 2 is 1.95 bits per heavy atom. The van der Waals surface area contributed by atoms with Gasteiger partial charge in [-0.15, -0.1) is 0 Å². The molecular formula is C14H14Cl2N2O2S. The zero-order chi connectivity index (χ0) is 15.2. The molecule has 7 heteroatoms. The normalized spacial score (nSPS) is 19.5. The van der Waals surface area contributed by atoms with Gasteiger partial charge in [0.1, 0.15) is 4.90 Å². The SMILES string of the molecule is C[C@H]1c2cccn2CCN1S(=O)(=O)c1cc(Cl)ccc1Cl. The fourth-order valence-electron chi connectivity index (χ4n) is 2.69. The summed E-state index contributed by atoms with van der Waals surface area (Å²) in [6.45, 7) is 2.92. The Morgan fingerprint density at radius 3 is 2.71 bits per heavy atom. The molecule has 3 rings (SSSR count). The molecule has 1 aromatic heterocycles. The van der Waals surface area contributed by atoms with E-state index < -0.39 is 10.0 Å². The van der Waals surface area contributed by atoms with Gasteiger partial charge in [-0.3, -0.25) is 0 Å². The highest BCUT2D eigenvalue weighted by Crippen LogP contribution is 2.34. The molecule has 0 unspecified atom stereocenters. The average Bonchev–Trinajstić information content (AvgIpc) is 2.91. The van der Waals surface area contributed by atoms with Gasteiger partial charge < -0.3 is 4.57 Å². The van der Waals surface area contributed by atoms with Crippen LogP contribution in [0, 0.1) is 0 Å². The van der Waals surface area contributed by atoms with Crippen molar-refractivity contribution in [2.45, 2.75) is 24.4 Å². The molecule has 0 bridgehead atoms. The second-order valence-electron chi connectivity index (χ2n) is 4.99. The summed E-state index contributed by atoms with van der Waals surface area (Å²) in [7, 11) is -3.68. The highest BCUT2D eigenvalue weighted by Gasteiger charge is 2.35. The summed E-state index contributed by atoms with van der Waals surface area (Å²) in [5, 5.41) is 0.540. The lowest BCUT2D eigenvalue weighted by molar-refractivity contribution is 0.282. The van der Waals surface area contributed by atoms with Crippen LogP contribution < -0.4 is 0 Å². The number of halogens is 2. The number of hydrogen-bond donors (Lipinski definition) is 0. The number of nitrogens with zero attached hydrogens (tertiary/aromatic N) is 2. The van der Waals surface area contributed by atoms with Crippen molar-refractivity contribution in [1.82, 2.24) is 8.87 Å². The van der Waals surface area contributed by atoms with E-state index >= 15 is 0 Å². The predicted octanol–water partition coefficient (Wildman–Crippen LogP) is 3.56. The molecule has 0 saturated heterocycles. The van der Waals surface area contributed by atoms with E-state index in [0.717, 1.165) is 5.69 Å². The van der Waals surface area contributed by atoms with Crippen LogP contribution in [0.5, 0.6) is 0 Å². The van der Waals surface area contributed by atoms with Crippen LogP contribution in [-0.4, -0.2) is 23.8 Å². The fraction of sp³-hybridized carbons (Fsp3) is 0.286. The molecule has 2 heterocycles. The number of aromatic nitrogens is 1. The fourth-order valence-corrected chi connectivity index (χ4v) is 5.02. The topological polar surface area (TPSA) is 42.3 Å².